The maximum atomic E-state index is 10.5. The number of benzene rings is 1. The van der Waals surface area contributed by atoms with E-state index in [1.54, 1.807) is 6.07 Å². The molecule has 18 heavy (non-hydrogen) atoms. The van der Waals surface area contributed by atoms with Gasteiger partial charge in [-0.2, -0.15) is 0 Å². The van der Waals surface area contributed by atoms with Crippen molar-refractivity contribution in [3.8, 4) is 11.5 Å². The molecule has 0 aliphatic rings. The van der Waals surface area contributed by atoms with Crippen LogP contribution in [0.5, 0.6) is 11.5 Å². The maximum absolute atomic E-state index is 10.5. The average molecular weight is 273 g/mol. The number of hydrogen-bond donors (Lipinski definition) is 2. The number of phenolic OH excluding ortho intramolecular Hbond substituents is 1. The lowest BCUT2D eigenvalue weighted by molar-refractivity contribution is 0.143. The van der Waals surface area contributed by atoms with Gasteiger partial charge in [0.25, 0.3) is 0 Å². The minimum absolute atomic E-state index is 0.0390. The Morgan fingerprint density at radius 2 is 2.11 bits per heavy atom. The molecular formula is C13H17ClO4. The number of ether oxygens (including phenoxy) is 1. The van der Waals surface area contributed by atoms with Gasteiger partial charge < -0.3 is 14.9 Å². The molecule has 0 heterocycles. The number of unbranched alkanes of at least 4 members (excludes halogenated alkanes) is 1. The van der Waals surface area contributed by atoms with E-state index in [1.165, 1.54) is 6.07 Å². The minimum atomic E-state index is -1.44. The van der Waals surface area contributed by atoms with Crippen molar-refractivity contribution in [1.29, 1.82) is 0 Å². The quantitative estimate of drug-likeness (QED) is 0.472. The van der Waals surface area contributed by atoms with Crippen molar-refractivity contribution in [1.82, 2.24) is 0 Å². The second-order valence-electron chi connectivity index (χ2n) is 3.96. The van der Waals surface area contributed by atoms with Crippen LogP contribution in [0.3, 0.4) is 0 Å². The third kappa shape index (κ3) is 3.81. The molecule has 0 atom stereocenters. The van der Waals surface area contributed by atoms with E-state index < -0.39 is 6.16 Å². The molecule has 0 aliphatic heterocycles. The van der Waals surface area contributed by atoms with Gasteiger partial charge in [-0.15, -0.1) is 11.6 Å². The summed E-state index contributed by atoms with van der Waals surface area (Å²) in [6, 6.07) is 3.27. The van der Waals surface area contributed by atoms with Crippen LogP contribution >= 0.6 is 11.6 Å². The summed E-state index contributed by atoms with van der Waals surface area (Å²) >= 11 is 5.70. The van der Waals surface area contributed by atoms with Crippen molar-refractivity contribution in [3.05, 3.63) is 23.3 Å². The van der Waals surface area contributed by atoms with E-state index in [2.05, 4.69) is 11.7 Å². The highest BCUT2D eigenvalue weighted by atomic mass is 35.5. The normalized spacial score (nSPS) is 10.3. The Hall–Kier alpha value is -1.42. The number of phenols is 1. The van der Waals surface area contributed by atoms with E-state index in [9.17, 15) is 9.90 Å². The van der Waals surface area contributed by atoms with Crippen LogP contribution in [0.25, 0.3) is 0 Å². The predicted octanol–water partition coefficient (Wildman–Crippen LogP) is 3.57. The summed E-state index contributed by atoms with van der Waals surface area (Å²) in [5.41, 5.74) is 1.67. The molecule has 1 rings (SSSR count). The summed E-state index contributed by atoms with van der Waals surface area (Å²) in [6.07, 6.45) is 1.94. The van der Waals surface area contributed by atoms with Gasteiger partial charge in [-0.3, -0.25) is 0 Å². The van der Waals surface area contributed by atoms with E-state index in [0.29, 0.717) is 17.9 Å². The maximum Gasteiger partial charge on any atom is 0.511 e. The summed E-state index contributed by atoms with van der Waals surface area (Å²) in [6.45, 7) is 2.09. The summed E-state index contributed by atoms with van der Waals surface area (Å²) < 4.78 is 4.52. The van der Waals surface area contributed by atoms with Crippen LogP contribution < -0.4 is 4.74 Å². The zero-order valence-corrected chi connectivity index (χ0v) is 11.0. The Morgan fingerprint density at radius 1 is 1.39 bits per heavy atom. The number of alkyl halides is 1. The summed E-state index contributed by atoms with van der Waals surface area (Å²) in [4.78, 5) is 10.5. The van der Waals surface area contributed by atoms with Gasteiger partial charge in [-0.25, -0.2) is 4.79 Å². The molecule has 1 aromatic carbocycles. The number of halogens is 1. The second kappa shape index (κ2) is 7.11. The highest BCUT2D eigenvalue weighted by Crippen LogP contribution is 2.34. The molecule has 0 amide bonds. The summed E-state index contributed by atoms with van der Waals surface area (Å²) in [5.74, 6) is 0.206. The van der Waals surface area contributed by atoms with Gasteiger partial charge in [0, 0.05) is 11.4 Å². The van der Waals surface area contributed by atoms with E-state index in [4.69, 9.17) is 16.7 Å². The van der Waals surface area contributed by atoms with Gasteiger partial charge in [0.05, 0.1) is 0 Å². The first-order chi connectivity index (χ1) is 8.60. The molecule has 0 aliphatic carbocycles. The molecule has 1 aromatic rings. The number of carboxylic acid groups (broad SMARTS) is 1. The van der Waals surface area contributed by atoms with Crippen molar-refractivity contribution >= 4 is 17.8 Å². The number of aromatic hydroxyl groups is 1. The Bertz CT molecular complexity index is 418. The van der Waals surface area contributed by atoms with Crippen molar-refractivity contribution in [2.75, 3.05) is 5.88 Å². The first-order valence-corrected chi connectivity index (χ1v) is 6.44. The molecule has 0 fully saturated rings. The first-order valence-electron chi connectivity index (χ1n) is 5.90. The first kappa shape index (κ1) is 14.6. The number of aryl methyl sites for hydroxylation is 1. The standard InChI is InChI=1S/C13H17ClO4/c1-2-3-4-9-5-6-11(18-13(16)17)12(15)10(9)7-8-14/h5-6,15H,2-4,7-8H2,1H3,(H,16,17). The van der Waals surface area contributed by atoms with Crippen LogP contribution in [-0.4, -0.2) is 22.2 Å². The van der Waals surface area contributed by atoms with Crippen LogP contribution in [0.15, 0.2) is 12.1 Å². The Morgan fingerprint density at radius 3 is 2.67 bits per heavy atom. The van der Waals surface area contributed by atoms with Crippen LogP contribution in [-0.2, 0) is 12.8 Å². The van der Waals surface area contributed by atoms with E-state index in [-0.39, 0.29) is 11.5 Å². The van der Waals surface area contributed by atoms with Gasteiger partial charge in [0.2, 0.25) is 0 Å². The van der Waals surface area contributed by atoms with Gasteiger partial charge in [0.15, 0.2) is 11.5 Å². The molecule has 2 N–H and O–H groups in total. The molecule has 5 heteroatoms. The zero-order chi connectivity index (χ0) is 13.5. The summed E-state index contributed by atoms with van der Waals surface area (Å²) in [5, 5.41) is 18.6. The third-order valence-electron chi connectivity index (χ3n) is 2.68. The highest BCUT2D eigenvalue weighted by molar-refractivity contribution is 6.18. The van der Waals surface area contributed by atoms with Crippen LogP contribution in [0.1, 0.15) is 30.9 Å². The molecule has 0 aromatic heterocycles. The van der Waals surface area contributed by atoms with Gasteiger partial charge >= 0.3 is 6.16 Å². The molecule has 4 nitrogen and oxygen atoms in total. The van der Waals surface area contributed by atoms with Crippen LogP contribution in [0.4, 0.5) is 4.79 Å². The Labute approximate surface area is 111 Å². The molecule has 0 unspecified atom stereocenters. The molecule has 0 radical (unpaired) electrons. The number of hydrogen-bond acceptors (Lipinski definition) is 3. The lowest BCUT2D eigenvalue weighted by atomic mass is 9.99. The lowest BCUT2D eigenvalue weighted by Crippen LogP contribution is -2.05. The fourth-order valence-corrected chi connectivity index (χ4v) is 2.00. The van der Waals surface area contributed by atoms with Crippen LogP contribution in [0, 0.1) is 0 Å². The topological polar surface area (TPSA) is 66.8 Å². The monoisotopic (exact) mass is 272 g/mol. The van der Waals surface area contributed by atoms with E-state index in [1.807, 2.05) is 0 Å². The Balaban J connectivity index is 3.06. The fraction of sp³-hybridized carbons (Fsp3) is 0.462. The van der Waals surface area contributed by atoms with Crippen LogP contribution in [0.2, 0.25) is 0 Å². The van der Waals surface area contributed by atoms with Crippen molar-refractivity contribution in [2.24, 2.45) is 0 Å². The van der Waals surface area contributed by atoms with Crippen molar-refractivity contribution in [2.45, 2.75) is 32.6 Å². The summed E-state index contributed by atoms with van der Waals surface area (Å²) in [7, 11) is 0. The largest absolute Gasteiger partial charge is 0.511 e. The Kier molecular flexibility index (Phi) is 5.78. The SMILES string of the molecule is CCCCc1ccc(OC(=O)O)c(O)c1CCCl. The molecule has 0 saturated carbocycles. The third-order valence-corrected chi connectivity index (χ3v) is 2.87. The molecular weight excluding hydrogens is 256 g/mol. The van der Waals surface area contributed by atoms with Gasteiger partial charge in [-0.1, -0.05) is 19.4 Å². The van der Waals surface area contributed by atoms with Crippen molar-refractivity contribution in [3.63, 3.8) is 0 Å². The number of carbonyl (C=O) groups is 1. The lowest BCUT2D eigenvalue weighted by Gasteiger charge is -2.13. The minimum Gasteiger partial charge on any atom is -0.504 e. The molecule has 100 valence electrons. The molecule has 0 bridgehead atoms. The zero-order valence-electron chi connectivity index (χ0n) is 10.3. The van der Waals surface area contributed by atoms with E-state index in [0.717, 1.165) is 24.8 Å². The van der Waals surface area contributed by atoms with Crippen molar-refractivity contribution < 1.29 is 19.7 Å². The number of rotatable bonds is 6. The van der Waals surface area contributed by atoms with E-state index >= 15 is 0 Å². The van der Waals surface area contributed by atoms with Gasteiger partial charge in [-0.05, 0) is 30.9 Å². The fourth-order valence-electron chi connectivity index (χ4n) is 1.81. The van der Waals surface area contributed by atoms with Gasteiger partial charge in [0.1, 0.15) is 0 Å². The predicted molar refractivity (Wildman–Crippen MR) is 69.8 cm³/mol. The highest BCUT2D eigenvalue weighted by Gasteiger charge is 2.15. The smallest absolute Gasteiger partial charge is 0.504 e. The molecule has 0 spiro atoms. The second-order valence-corrected chi connectivity index (χ2v) is 4.34. The average Bonchev–Trinajstić information content (AvgIpc) is 2.33. The molecule has 0 saturated heterocycles.